The van der Waals surface area contributed by atoms with Gasteiger partial charge in [-0.3, -0.25) is 4.79 Å². The van der Waals surface area contributed by atoms with Crippen molar-refractivity contribution in [2.24, 2.45) is 11.7 Å². The number of halogens is 1. The van der Waals surface area contributed by atoms with E-state index in [0.717, 1.165) is 5.56 Å². The van der Waals surface area contributed by atoms with Gasteiger partial charge in [-0.05, 0) is 19.4 Å². The maximum Gasteiger partial charge on any atom is 0.227 e. The molecule has 1 amide bonds. The van der Waals surface area contributed by atoms with Crippen LogP contribution in [0.4, 0.5) is 0 Å². The summed E-state index contributed by atoms with van der Waals surface area (Å²) in [6.45, 7) is 7.13. The average molecular weight is 271 g/mol. The number of amides is 1. The summed E-state index contributed by atoms with van der Waals surface area (Å²) in [5.74, 6) is 0.00464. The molecule has 0 spiro atoms. The van der Waals surface area contributed by atoms with E-state index in [2.05, 4.69) is 0 Å². The van der Waals surface area contributed by atoms with Crippen molar-refractivity contribution in [2.45, 2.75) is 33.4 Å². The number of hydrogen-bond donors (Lipinski definition) is 1. The van der Waals surface area contributed by atoms with Gasteiger partial charge in [-0.1, -0.05) is 37.3 Å². The third-order valence-electron chi connectivity index (χ3n) is 3.09. The summed E-state index contributed by atoms with van der Waals surface area (Å²) in [5.41, 5.74) is 6.93. The maximum absolute atomic E-state index is 12.2. The SMILES string of the molecule is CCN(Cc1ccccc1)C(=O)C(C)C(C)N.Cl. The van der Waals surface area contributed by atoms with Crippen LogP contribution in [0.5, 0.6) is 0 Å². The molecule has 0 saturated heterocycles. The first-order chi connectivity index (χ1) is 8.06. The minimum absolute atomic E-state index is 0. The highest BCUT2D eigenvalue weighted by Gasteiger charge is 2.22. The smallest absolute Gasteiger partial charge is 0.227 e. The van der Waals surface area contributed by atoms with Crippen molar-refractivity contribution in [3.05, 3.63) is 35.9 Å². The molecule has 3 nitrogen and oxygen atoms in total. The predicted molar refractivity (Wildman–Crippen MR) is 77.6 cm³/mol. The Morgan fingerprint density at radius 2 is 1.83 bits per heavy atom. The third-order valence-corrected chi connectivity index (χ3v) is 3.09. The monoisotopic (exact) mass is 270 g/mol. The third kappa shape index (κ3) is 4.67. The zero-order valence-corrected chi connectivity index (χ0v) is 12.1. The minimum Gasteiger partial charge on any atom is -0.338 e. The van der Waals surface area contributed by atoms with E-state index in [4.69, 9.17) is 5.73 Å². The second-order valence-electron chi connectivity index (χ2n) is 4.49. The highest BCUT2D eigenvalue weighted by Crippen LogP contribution is 2.10. The van der Waals surface area contributed by atoms with Crippen LogP contribution in [0.15, 0.2) is 30.3 Å². The van der Waals surface area contributed by atoms with Crippen molar-refractivity contribution >= 4 is 18.3 Å². The Kier molecular flexibility index (Phi) is 7.64. The summed E-state index contributed by atoms with van der Waals surface area (Å²) < 4.78 is 0. The van der Waals surface area contributed by atoms with E-state index in [1.54, 1.807) is 0 Å². The van der Waals surface area contributed by atoms with Gasteiger partial charge in [0.25, 0.3) is 0 Å². The lowest BCUT2D eigenvalue weighted by molar-refractivity contribution is -0.135. The van der Waals surface area contributed by atoms with Gasteiger partial charge in [0, 0.05) is 19.1 Å². The summed E-state index contributed by atoms with van der Waals surface area (Å²) in [5, 5.41) is 0. The molecular formula is C14H23ClN2O. The molecule has 2 N–H and O–H groups in total. The minimum atomic E-state index is -0.126. The Balaban J connectivity index is 0.00000289. The van der Waals surface area contributed by atoms with Crippen LogP contribution in [-0.2, 0) is 11.3 Å². The first-order valence-corrected chi connectivity index (χ1v) is 6.14. The number of carbonyl (C=O) groups excluding carboxylic acids is 1. The van der Waals surface area contributed by atoms with Gasteiger partial charge in [-0.15, -0.1) is 12.4 Å². The molecule has 0 bridgehead atoms. The van der Waals surface area contributed by atoms with Crippen LogP contribution in [-0.4, -0.2) is 23.4 Å². The molecule has 0 saturated carbocycles. The number of hydrogen-bond acceptors (Lipinski definition) is 2. The van der Waals surface area contributed by atoms with Crippen LogP contribution < -0.4 is 5.73 Å². The van der Waals surface area contributed by atoms with Crippen LogP contribution in [0.25, 0.3) is 0 Å². The number of benzene rings is 1. The van der Waals surface area contributed by atoms with Crippen LogP contribution >= 0.6 is 12.4 Å². The van der Waals surface area contributed by atoms with Gasteiger partial charge >= 0.3 is 0 Å². The van der Waals surface area contributed by atoms with Crippen LogP contribution in [0.1, 0.15) is 26.3 Å². The van der Waals surface area contributed by atoms with Crippen LogP contribution in [0, 0.1) is 5.92 Å². The number of carbonyl (C=O) groups is 1. The summed E-state index contributed by atoms with van der Waals surface area (Å²) in [6, 6.07) is 9.92. The fraction of sp³-hybridized carbons (Fsp3) is 0.500. The zero-order valence-electron chi connectivity index (χ0n) is 11.3. The van der Waals surface area contributed by atoms with E-state index in [0.29, 0.717) is 13.1 Å². The topological polar surface area (TPSA) is 46.3 Å². The second kappa shape index (κ2) is 8.11. The molecular weight excluding hydrogens is 248 g/mol. The number of nitrogens with two attached hydrogens (primary N) is 1. The lowest BCUT2D eigenvalue weighted by atomic mass is 10.0. The largest absolute Gasteiger partial charge is 0.338 e. The molecule has 2 atom stereocenters. The van der Waals surface area contributed by atoms with E-state index >= 15 is 0 Å². The molecule has 1 aromatic rings. The van der Waals surface area contributed by atoms with Crippen molar-refractivity contribution in [3.8, 4) is 0 Å². The fourth-order valence-corrected chi connectivity index (χ4v) is 1.66. The van der Waals surface area contributed by atoms with Gasteiger partial charge in [0.05, 0.1) is 5.92 Å². The van der Waals surface area contributed by atoms with E-state index in [9.17, 15) is 4.79 Å². The Morgan fingerprint density at radius 3 is 2.28 bits per heavy atom. The molecule has 2 unspecified atom stereocenters. The van der Waals surface area contributed by atoms with Gasteiger partial charge < -0.3 is 10.6 Å². The highest BCUT2D eigenvalue weighted by molar-refractivity contribution is 5.85. The van der Waals surface area contributed by atoms with E-state index < -0.39 is 0 Å². The molecule has 18 heavy (non-hydrogen) atoms. The van der Waals surface area contributed by atoms with E-state index in [1.807, 2.05) is 56.0 Å². The molecule has 102 valence electrons. The highest BCUT2D eigenvalue weighted by atomic mass is 35.5. The number of nitrogens with zero attached hydrogens (tertiary/aromatic N) is 1. The maximum atomic E-state index is 12.2. The summed E-state index contributed by atoms with van der Waals surface area (Å²) in [6.07, 6.45) is 0. The first-order valence-electron chi connectivity index (χ1n) is 6.14. The first kappa shape index (κ1) is 16.9. The van der Waals surface area contributed by atoms with Crippen LogP contribution in [0.2, 0.25) is 0 Å². The normalized spacial score (nSPS) is 13.3. The molecule has 0 heterocycles. The second-order valence-corrected chi connectivity index (χ2v) is 4.49. The van der Waals surface area contributed by atoms with Crippen molar-refractivity contribution in [1.29, 1.82) is 0 Å². The molecule has 0 aromatic heterocycles. The molecule has 0 aliphatic rings. The Labute approximate surface area is 116 Å². The average Bonchev–Trinajstić information content (AvgIpc) is 2.35. The lowest BCUT2D eigenvalue weighted by Gasteiger charge is -2.26. The fourth-order valence-electron chi connectivity index (χ4n) is 1.66. The van der Waals surface area contributed by atoms with Crippen molar-refractivity contribution in [1.82, 2.24) is 4.90 Å². The van der Waals surface area contributed by atoms with Gasteiger partial charge in [-0.2, -0.15) is 0 Å². The Bertz CT molecular complexity index is 354. The van der Waals surface area contributed by atoms with Crippen molar-refractivity contribution < 1.29 is 4.79 Å². The Morgan fingerprint density at radius 1 is 1.28 bits per heavy atom. The molecule has 0 radical (unpaired) electrons. The quantitative estimate of drug-likeness (QED) is 0.893. The van der Waals surface area contributed by atoms with Crippen LogP contribution in [0.3, 0.4) is 0 Å². The standard InChI is InChI=1S/C14H22N2O.ClH/c1-4-16(14(17)11(2)12(3)15)10-13-8-6-5-7-9-13;/h5-9,11-12H,4,10,15H2,1-3H3;1H. The number of rotatable bonds is 5. The van der Waals surface area contributed by atoms with Crippen molar-refractivity contribution in [2.75, 3.05) is 6.54 Å². The molecule has 0 aliphatic heterocycles. The van der Waals surface area contributed by atoms with Gasteiger partial charge in [0.1, 0.15) is 0 Å². The lowest BCUT2D eigenvalue weighted by Crippen LogP contribution is -2.41. The summed E-state index contributed by atoms with van der Waals surface area (Å²) in [7, 11) is 0. The summed E-state index contributed by atoms with van der Waals surface area (Å²) >= 11 is 0. The molecule has 4 heteroatoms. The molecule has 0 fully saturated rings. The molecule has 1 rings (SSSR count). The van der Waals surface area contributed by atoms with E-state index in [1.165, 1.54) is 0 Å². The van der Waals surface area contributed by atoms with Gasteiger partial charge in [-0.25, -0.2) is 0 Å². The van der Waals surface area contributed by atoms with E-state index in [-0.39, 0.29) is 30.3 Å². The Hall–Kier alpha value is -1.06. The summed E-state index contributed by atoms with van der Waals surface area (Å²) in [4.78, 5) is 14.0. The van der Waals surface area contributed by atoms with Gasteiger partial charge in [0.2, 0.25) is 5.91 Å². The van der Waals surface area contributed by atoms with Gasteiger partial charge in [0.15, 0.2) is 0 Å². The molecule has 0 aliphatic carbocycles. The molecule has 1 aromatic carbocycles. The predicted octanol–water partition coefficient (Wildman–Crippen LogP) is 2.44. The zero-order chi connectivity index (χ0) is 12.8. The van der Waals surface area contributed by atoms with Crippen molar-refractivity contribution in [3.63, 3.8) is 0 Å².